The van der Waals surface area contributed by atoms with Crippen LogP contribution in [0.1, 0.15) is 32.7 Å². The molecule has 0 aliphatic carbocycles. The Kier molecular flexibility index (Phi) is 10.6. The van der Waals surface area contributed by atoms with Gasteiger partial charge in [0.25, 0.3) is 23.6 Å². The summed E-state index contributed by atoms with van der Waals surface area (Å²) in [5.74, 6) is -0.572. The summed E-state index contributed by atoms with van der Waals surface area (Å²) in [6.45, 7) is 4.09. The van der Waals surface area contributed by atoms with Crippen molar-refractivity contribution in [2.45, 2.75) is 13.8 Å². The van der Waals surface area contributed by atoms with Gasteiger partial charge < -0.3 is 19.6 Å². The Bertz CT molecular complexity index is 3090. The molecule has 4 aromatic carbocycles. The van der Waals surface area contributed by atoms with Crippen molar-refractivity contribution in [3.63, 3.8) is 0 Å². The molecule has 11 heteroatoms. The van der Waals surface area contributed by atoms with Crippen molar-refractivity contribution in [1.29, 1.82) is 0 Å². The minimum atomic E-state index is -0.151. The van der Waals surface area contributed by atoms with Crippen LogP contribution in [0.5, 0.6) is 0 Å². The van der Waals surface area contributed by atoms with Crippen molar-refractivity contribution < 1.29 is 19.2 Å². The van der Waals surface area contributed by atoms with E-state index in [1.54, 1.807) is 81.8 Å². The summed E-state index contributed by atoms with van der Waals surface area (Å²) >= 11 is 4.97. The molecule has 8 nitrogen and oxygen atoms in total. The number of hydrogen-bond acceptors (Lipinski definition) is 7. The molecule has 3 aromatic heterocycles. The normalized spacial score (nSPS) is 15.9. The highest BCUT2D eigenvalue weighted by Gasteiger charge is 2.48. The Hall–Kier alpha value is -7.18. The molecule has 0 radical (unpaired) electrons. The molecule has 4 aliphatic rings. The van der Waals surface area contributed by atoms with E-state index in [2.05, 4.69) is 60.1 Å². The number of hydrogen-bond donors (Lipinski definition) is 0. The van der Waals surface area contributed by atoms with Crippen LogP contribution >= 0.6 is 34.0 Å². The van der Waals surface area contributed by atoms with Crippen molar-refractivity contribution in [3.8, 4) is 31.3 Å². The number of thiophene rings is 3. The number of likely N-dealkylation sites (N-methyl/N-ethyl adjacent to an activating group) is 4. The third kappa shape index (κ3) is 7.03. The van der Waals surface area contributed by atoms with Crippen LogP contribution in [0.2, 0.25) is 0 Å². The first-order valence-electron chi connectivity index (χ1n) is 21.0. The molecule has 7 aromatic rings. The van der Waals surface area contributed by atoms with Crippen molar-refractivity contribution in [2.75, 3.05) is 28.2 Å². The van der Waals surface area contributed by atoms with E-state index in [1.165, 1.54) is 15.3 Å². The lowest BCUT2D eigenvalue weighted by atomic mass is 10.0. The molecule has 65 heavy (non-hydrogen) atoms. The number of aryl methyl sites for hydroxylation is 2. The zero-order valence-electron chi connectivity index (χ0n) is 36.5. The molecule has 0 N–H and O–H groups in total. The van der Waals surface area contributed by atoms with Gasteiger partial charge in [-0.1, -0.05) is 120 Å². The number of rotatable bonds is 7. The van der Waals surface area contributed by atoms with Gasteiger partial charge in [0.05, 0.1) is 50.0 Å². The first-order valence-corrected chi connectivity index (χ1v) is 23.6. The Labute approximate surface area is 389 Å². The van der Waals surface area contributed by atoms with Crippen molar-refractivity contribution in [2.24, 2.45) is 0 Å². The number of amides is 4. The quantitative estimate of drug-likeness (QED) is 0.160. The highest BCUT2D eigenvalue weighted by molar-refractivity contribution is 7.16. The van der Waals surface area contributed by atoms with E-state index in [0.717, 1.165) is 48.7 Å². The maximum Gasteiger partial charge on any atom is 0.261 e. The SMILES string of the molecule is CN1C(=O)C2=C(c3ccc(-c4cccs4)cc3)N(C)C(=O)C2=C1c1ccc(-c2cccs2)cc1.Cc1ccc(C2=C3C(=O)N(C)C(c4ccc(-c5ccc(C)cc5)s4)=C3C(=O)N2C)cc1. The molecule has 0 saturated heterocycles. The Morgan fingerprint density at radius 2 is 0.615 bits per heavy atom. The minimum absolute atomic E-state index is 0.136. The fraction of sp³-hybridized carbons (Fsp3) is 0.111. The van der Waals surface area contributed by atoms with Gasteiger partial charge in [-0.2, -0.15) is 0 Å². The van der Waals surface area contributed by atoms with E-state index in [0.29, 0.717) is 45.1 Å². The second-order valence-electron chi connectivity index (χ2n) is 16.4. The molecule has 7 heterocycles. The summed E-state index contributed by atoms with van der Waals surface area (Å²) in [6.07, 6.45) is 0. The smallest absolute Gasteiger partial charge is 0.261 e. The first-order chi connectivity index (χ1) is 31.4. The first kappa shape index (κ1) is 41.8. The second-order valence-corrected chi connectivity index (χ2v) is 19.3. The predicted molar refractivity (Wildman–Crippen MR) is 264 cm³/mol. The molecule has 0 atom stereocenters. The van der Waals surface area contributed by atoms with Gasteiger partial charge in [0.2, 0.25) is 0 Å². The molecule has 0 unspecified atom stereocenters. The molecule has 320 valence electrons. The molecule has 4 aliphatic heterocycles. The van der Waals surface area contributed by atoms with Gasteiger partial charge in [-0.25, -0.2) is 0 Å². The van der Waals surface area contributed by atoms with Crippen LogP contribution in [-0.4, -0.2) is 71.4 Å². The van der Waals surface area contributed by atoms with Gasteiger partial charge in [-0.3, -0.25) is 19.2 Å². The third-order valence-electron chi connectivity index (χ3n) is 12.3. The molecular formula is C54H42N4O4S3. The number of fused-ring (bicyclic) bond motifs is 2. The summed E-state index contributed by atoms with van der Waals surface area (Å²) in [5.41, 5.74) is 13.0. The Morgan fingerprint density at radius 3 is 0.985 bits per heavy atom. The highest BCUT2D eigenvalue weighted by atomic mass is 32.1. The van der Waals surface area contributed by atoms with Gasteiger partial charge in [0.1, 0.15) is 0 Å². The minimum Gasteiger partial charge on any atom is -0.310 e. The summed E-state index contributed by atoms with van der Waals surface area (Å²) in [7, 11) is 6.98. The van der Waals surface area contributed by atoms with Gasteiger partial charge in [-0.15, -0.1) is 34.0 Å². The maximum atomic E-state index is 13.4. The summed E-state index contributed by atoms with van der Waals surface area (Å²) < 4.78 is 0. The number of nitrogens with zero attached hydrogens (tertiary/aromatic N) is 4. The molecule has 11 rings (SSSR count). The second kappa shape index (κ2) is 16.4. The van der Waals surface area contributed by atoms with Gasteiger partial charge >= 0.3 is 0 Å². The summed E-state index contributed by atoms with van der Waals surface area (Å²) in [6, 6.07) is 44.7. The zero-order chi connectivity index (χ0) is 45.3. The average molecular weight is 907 g/mol. The predicted octanol–water partition coefficient (Wildman–Crippen LogP) is 11.3. The standard InChI is InChI=1S/C28H20N2O2S2.C26H22N2O2S/c1-29-25(19-11-7-17(8-12-19)21-5-3-15-33-21)23-24(27(29)31)26(30(2)28(23)32)20-13-9-18(10-14-20)22-6-4-16-34-22;1-15-5-9-17(10-6-15)19-13-14-20(31-19)24-22-21(25(29)28(24)4)23(27(3)26(22)30)18-11-7-16(2)8-12-18/h3-16H,1-2H3;5-14H,1-4H3. The van der Waals surface area contributed by atoms with E-state index in [1.807, 2.05) is 97.9 Å². The van der Waals surface area contributed by atoms with Crippen LogP contribution in [0.3, 0.4) is 0 Å². The Morgan fingerprint density at radius 1 is 0.323 bits per heavy atom. The Balaban J connectivity index is 0.000000154. The lowest BCUT2D eigenvalue weighted by molar-refractivity contribution is -0.123. The molecule has 0 bridgehead atoms. The lowest BCUT2D eigenvalue weighted by Gasteiger charge is -2.20. The third-order valence-corrected chi connectivity index (χ3v) is 15.3. The van der Waals surface area contributed by atoms with Crippen LogP contribution in [0.4, 0.5) is 0 Å². The summed E-state index contributed by atoms with van der Waals surface area (Å²) in [5, 5.41) is 4.10. The number of carbonyl (C=O) groups excluding carboxylic acids is 4. The molecule has 0 spiro atoms. The van der Waals surface area contributed by atoms with Gasteiger partial charge in [-0.05, 0) is 82.3 Å². The molecule has 0 fully saturated rings. The summed E-state index contributed by atoms with van der Waals surface area (Å²) in [4.78, 5) is 64.2. The average Bonchev–Trinajstić information content (AvgIpc) is 4.21. The monoisotopic (exact) mass is 906 g/mol. The van der Waals surface area contributed by atoms with Crippen LogP contribution in [-0.2, 0) is 19.2 Å². The topological polar surface area (TPSA) is 81.2 Å². The van der Waals surface area contributed by atoms with Gasteiger partial charge in [0.15, 0.2) is 0 Å². The van der Waals surface area contributed by atoms with E-state index < -0.39 is 0 Å². The maximum absolute atomic E-state index is 13.4. The fourth-order valence-corrected chi connectivity index (χ4v) is 11.4. The number of carbonyl (C=O) groups is 4. The molecule has 4 amide bonds. The van der Waals surface area contributed by atoms with Crippen molar-refractivity contribution >= 4 is 80.4 Å². The highest BCUT2D eigenvalue weighted by Crippen LogP contribution is 2.48. The van der Waals surface area contributed by atoms with Crippen LogP contribution in [0.15, 0.2) is 167 Å². The molecular weight excluding hydrogens is 865 g/mol. The van der Waals surface area contributed by atoms with Crippen LogP contribution < -0.4 is 0 Å². The van der Waals surface area contributed by atoms with Gasteiger partial charge in [0, 0.05) is 42.8 Å². The lowest BCUT2D eigenvalue weighted by Crippen LogP contribution is -2.25. The van der Waals surface area contributed by atoms with Crippen molar-refractivity contribution in [3.05, 3.63) is 199 Å². The largest absolute Gasteiger partial charge is 0.310 e. The van der Waals surface area contributed by atoms with E-state index >= 15 is 0 Å². The van der Waals surface area contributed by atoms with Crippen LogP contribution in [0, 0.1) is 13.8 Å². The van der Waals surface area contributed by atoms with E-state index in [4.69, 9.17) is 0 Å². The van der Waals surface area contributed by atoms with Crippen molar-refractivity contribution in [1.82, 2.24) is 19.6 Å². The molecule has 0 saturated carbocycles. The van der Waals surface area contributed by atoms with E-state index in [-0.39, 0.29) is 23.6 Å². The van der Waals surface area contributed by atoms with Crippen LogP contribution in [0.25, 0.3) is 54.1 Å². The fourth-order valence-electron chi connectivity index (χ4n) is 8.88. The van der Waals surface area contributed by atoms with E-state index in [9.17, 15) is 19.2 Å². The number of benzene rings is 4. The zero-order valence-corrected chi connectivity index (χ0v) is 39.0.